The lowest BCUT2D eigenvalue weighted by molar-refractivity contribution is -0.143. The summed E-state index contributed by atoms with van der Waals surface area (Å²) in [5, 5.41) is 9.22. The van der Waals surface area contributed by atoms with Gasteiger partial charge in [0.1, 0.15) is 10.7 Å². The molecule has 3 heterocycles. The molecular weight excluding hydrogens is 360 g/mol. The van der Waals surface area contributed by atoms with Crippen molar-refractivity contribution in [2.24, 2.45) is 5.92 Å². The molecule has 9 heteroatoms. The number of carbonyl (C=O) groups is 2. The maximum atomic E-state index is 12.8. The fourth-order valence-corrected chi connectivity index (χ4v) is 5.31. The van der Waals surface area contributed by atoms with Crippen LogP contribution >= 0.6 is 0 Å². The summed E-state index contributed by atoms with van der Waals surface area (Å²) in [7, 11) is -3.68. The normalized spacial score (nSPS) is 24.8. The Morgan fingerprint density at radius 3 is 2.50 bits per heavy atom. The highest BCUT2D eigenvalue weighted by molar-refractivity contribution is 7.89. The van der Waals surface area contributed by atoms with E-state index in [4.69, 9.17) is 4.42 Å². The van der Waals surface area contributed by atoms with E-state index in [9.17, 15) is 23.1 Å². The Morgan fingerprint density at radius 1 is 1.23 bits per heavy atom. The van der Waals surface area contributed by atoms with Crippen molar-refractivity contribution in [2.75, 3.05) is 19.6 Å². The molecule has 2 aliphatic heterocycles. The Balaban J connectivity index is 1.86. The van der Waals surface area contributed by atoms with Crippen LogP contribution < -0.4 is 0 Å². The van der Waals surface area contributed by atoms with Crippen molar-refractivity contribution < 1.29 is 27.5 Å². The monoisotopic (exact) mass is 384 g/mol. The van der Waals surface area contributed by atoms with E-state index in [1.165, 1.54) is 22.2 Å². The van der Waals surface area contributed by atoms with Gasteiger partial charge >= 0.3 is 5.97 Å². The molecular formula is C17H24N2O6S. The average Bonchev–Trinajstić information content (AvgIpc) is 3.24. The van der Waals surface area contributed by atoms with E-state index < -0.39 is 27.8 Å². The Bertz CT molecular complexity index is 809. The first-order chi connectivity index (χ1) is 12.2. The van der Waals surface area contributed by atoms with Gasteiger partial charge in [0.2, 0.25) is 10.0 Å². The summed E-state index contributed by atoms with van der Waals surface area (Å²) in [5.41, 5.74) is 0. The summed E-state index contributed by atoms with van der Waals surface area (Å²) in [6.07, 6.45) is 2.75. The number of nitrogens with zero attached hydrogens (tertiary/aromatic N) is 2. The van der Waals surface area contributed by atoms with Gasteiger partial charge in [0.05, 0.1) is 5.92 Å². The Labute approximate surface area is 152 Å². The number of aliphatic carboxylic acids is 1. The fourth-order valence-electron chi connectivity index (χ4n) is 3.63. The summed E-state index contributed by atoms with van der Waals surface area (Å²) in [6, 6.07) is 1.16. The quantitative estimate of drug-likeness (QED) is 0.846. The summed E-state index contributed by atoms with van der Waals surface area (Å²) in [6.45, 7) is 4.43. The van der Waals surface area contributed by atoms with Gasteiger partial charge in [-0.3, -0.25) is 9.59 Å². The molecule has 0 aliphatic carbocycles. The zero-order valence-electron chi connectivity index (χ0n) is 15.0. The number of carboxylic acid groups (broad SMARTS) is 1. The minimum atomic E-state index is -3.68. The molecule has 1 N–H and O–H groups in total. The van der Waals surface area contributed by atoms with Crippen molar-refractivity contribution >= 4 is 21.9 Å². The zero-order chi connectivity index (χ0) is 19.1. The third-order valence-corrected chi connectivity index (χ3v) is 7.26. The Morgan fingerprint density at radius 2 is 1.88 bits per heavy atom. The zero-order valence-corrected chi connectivity index (χ0v) is 15.8. The molecule has 0 saturated carbocycles. The molecule has 2 saturated heterocycles. The highest BCUT2D eigenvalue weighted by atomic mass is 32.2. The molecule has 144 valence electrons. The minimum Gasteiger partial charge on any atom is -0.481 e. The lowest BCUT2D eigenvalue weighted by Gasteiger charge is -2.35. The second-order valence-electron chi connectivity index (χ2n) is 7.06. The first-order valence-corrected chi connectivity index (χ1v) is 10.3. The van der Waals surface area contributed by atoms with Gasteiger partial charge in [-0.2, -0.15) is 4.31 Å². The molecule has 2 atom stereocenters. The number of hydrogen-bond acceptors (Lipinski definition) is 5. The summed E-state index contributed by atoms with van der Waals surface area (Å²) >= 11 is 0. The predicted octanol–water partition coefficient (Wildman–Crippen LogP) is 1.70. The summed E-state index contributed by atoms with van der Waals surface area (Å²) in [5.74, 6) is -1.88. The Kier molecular flexibility index (Phi) is 5.12. The SMILES string of the molecule is Cc1oc(C(=O)N2CC(C(=O)O)CCC2C)cc1S(=O)(=O)N1CCCC1. The van der Waals surface area contributed by atoms with Gasteiger partial charge in [-0.05, 0) is 39.5 Å². The van der Waals surface area contributed by atoms with Gasteiger partial charge in [0.25, 0.3) is 5.91 Å². The predicted molar refractivity (Wildman–Crippen MR) is 92.3 cm³/mol. The standard InChI is InChI=1S/C17H24N2O6S/c1-11-5-6-13(17(21)22)10-19(11)16(20)14-9-15(12(2)25-14)26(23,24)18-7-3-4-8-18/h9,11,13H,3-8,10H2,1-2H3,(H,21,22). The van der Waals surface area contributed by atoms with Crippen molar-refractivity contribution in [1.82, 2.24) is 9.21 Å². The molecule has 3 rings (SSSR count). The van der Waals surface area contributed by atoms with Crippen molar-refractivity contribution in [3.05, 3.63) is 17.6 Å². The van der Waals surface area contributed by atoms with Crippen LogP contribution in [0.3, 0.4) is 0 Å². The van der Waals surface area contributed by atoms with E-state index in [1.54, 1.807) is 0 Å². The lowest BCUT2D eigenvalue weighted by Crippen LogP contribution is -2.47. The minimum absolute atomic E-state index is 0.0159. The van der Waals surface area contributed by atoms with E-state index in [1.807, 2.05) is 6.92 Å². The Hall–Kier alpha value is -1.87. The highest BCUT2D eigenvalue weighted by Gasteiger charge is 2.36. The first-order valence-electron chi connectivity index (χ1n) is 8.86. The highest BCUT2D eigenvalue weighted by Crippen LogP contribution is 2.29. The number of piperidine rings is 1. The average molecular weight is 384 g/mol. The van der Waals surface area contributed by atoms with E-state index in [0.717, 1.165) is 12.8 Å². The van der Waals surface area contributed by atoms with E-state index >= 15 is 0 Å². The van der Waals surface area contributed by atoms with Gasteiger partial charge in [0.15, 0.2) is 5.76 Å². The second kappa shape index (κ2) is 7.03. The van der Waals surface area contributed by atoms with Crippen LogP contribution in [0.25, 0.3) is 0 Å². The molecule has 0 spiro atoms. The van der Waals surface area contributed by atoms with Gasteiger partial charge < -0.3 is 14.4 Å². The van der Waals surface area contributed by atoms with Crippen LogP contribution in [-0.4, -0.2) is 60.3 Å². The number of carbonyl (C=O) groups excluding carboxylic acids is 1. The summed E-state index contributed by atoms with van der Waals surface area (Å²) in [4.78, 5) is 25.6. The van der Waals surface area contributed by atoms with Gasteiger partial charge in [-0.1, -0.05) is 0 Å². The van der Waals surface area contributed by atoms with Gasteiger partial charge in [-0.25, -0.2) is 8.42 Å². The molecule has 0 bridgehead atoms. The van der Waals surface area contributed by atoms with Crippen molar-refractivity contribution in [2.45, 2.75) is 50.5 Å². The topological polar surface area (TPSA) is 108 Å². The molecule has 0 aromatic carbocycles. The number of aryl methyl sites for hydroxylation is 1. The lowest BCUT2D eigenvalue weighted by atomic mass is 9.93. The van der Waals surface area contributed by atoms with Crippen LogP contribution in [0.15, 0.2) is 15.4 Å². The molecule has 2 aliphatic rings. The smallest absolute Gasteiger partial charge is 0.308 e. The molecule has 26 heavy (non-hydrogen) atoms. The number of hydrogen-bond donors (Lipinski definition) is 1. The number of sulfonamides is 1. The first kappa shape index (κ1) is 18.9. The van der Waals surface area contributed by atoms with Gasteiger partial charge in [0, 0.05) is 31.7 Å². The summed E-state index contributed by atoms with van der Waals surface area (Å²) < 4.78 is 32.4. The molecule has 1 aromatic heterocycles. The van der Waals surface area contributed by atoms with Crippen LogP contribution in [0.1, 0.15) is 48.9 Å². The van der Waals surface area contributed by atoms with Crippen molar-refractivity contribution in [3.8, 4) is 0 Å². The molecule has 1 amide bonds. The molecule has 2 fully saturated rings. The van der Waals surface area contributed by atoms with E-state index in [0.29, 0.717) is 25.9 Å². The third kappa shape index (κ3) is 3.37. The van der Waals surface area contributed by atoms with Crippen LogP contribution in [0.5, 0.6) is 0 Å². The number of rotatable bonds is 4. The van der Waals surface area contributed by atoms with Crippen LogP contribution in [0.4, 0.5) is 0 Å². The number of carboxylic acids is 1. The largest absolute Gasteiger partial charge is 0.481 e. The van der Waals surface area contributed by atoms with E-state index in [-0.39, 0.29) is 29.0 Å². The fraction of sp³-hybridized carbons (Fsp3) is 0.647. The van der Waals surface area contributed by atoms with E-state index in [2.05, 4.69) is 0 Å². The van der Waals surface area contributed by atoms with Crippen molar-refractivity contribution in [3.63, 3.8) is 0 Å². The third-order valence-electron chi connectivity index (χ3n) is 5.26. The van der Waals surface area contributed by atoms with Crippen LogP contribution in [0.2, 0.25) is 0 Å². The van der Waals surface area contributed by atoms with Crippen LogP contribution in [0, 0.1) is 12.8 Å². The maximum Gasteiger partial charge on any atom is 0.308 e. The molecule has 0 radical (unpaired) electrons. The van der Waals surface area contributed by atoms with Crippen LogP contribution in [-0.2, 0) is 14.8 Å². The second-order valence-corrected chi connectivity index (χ2v) is 8.97. The molecule has 1 aromatic rings. The number of furan rings is 1. The molecule has 8 nitrogen and oxygen atoms in total. The molecule has 2 unspecified atom stereocenters. The van der Waals surface area contributed by atoms with Crippen molar-refractivity contribution in [1.29, 1.82) is 0 Å². The number of likely N-dealkylation sites (tertiary alicyclic amines) is 1. The van der Waals surface area contributed by atoms with Gasteiger partial charge in [-0.15, -0.1) is 0 Å². The number of amides is 1. The maximum absolute atomic E-state index is 12.8.